The van der Waals surface area contributed by atoms with Crippen molar-refractivity contribution >= 4 is 23.4 Å². The molecule has 0 aliphatic carbocycles. The molecule has 2 N–H and O–H groups in total. The Bertz CT molecular complexity index is 1110. The van der Waals surface area contributed by atoms with Gasteiger partial charge in [0.2, 0.25) is 0 Å². The first-order chi connectivity index (χ1) is 14.5. The monoisotopic (exact) mass is 405 g/mol. The number of hydrogen-bond acceptors (Lipinski definition) is 6. The van der Waals surface area contributed by atoms with E-state index in [1.54, 1.807) is 30.1 Å². The lowest BCUT2D eigenvalue weighted by molar-refractivity contribution is 0.0915. The second-order valence-corrected chi connectivity index (χ2v) is 7.02. The summed E-state index contributed by atoms with van der Waals surface area (Å²) in [5.41, 5.74) is 2.07. The summed E-state index contributed by atoms with van der Waals surface area (Å²) in [5.74, 6) is -1.34. The Labute approximate surface area is 172 Å². The number of imide groups is 1. The molecule has 1 aliphatic heterocycles. The largest absolute Gasteiger partial charge is 0.394 e. The molecule has 0 bridgehead atoms. The molecule has 0 fully saturated rings. The van der Waals surface area contributed by atoms with E-state index < -0.39 is 23.8 Å². The summed E-state index contributed by atoms with van der Waals surface area (Å²) in [6.45, 7) is 1.98. The predicted octanol–water partition coefficient (Wildman–Crippen LogP) is 1.24. The van der Waals surface area contributed by atoms with E-state index in [1.165, 1.54) is 24.5 Å². The number of benzene rings is 2. The normalized spacial score (nSPS) is 14.0. The van der Waals surface area contributed by atoms with Gasteiger partial charge in [0.1, 0.15) is 12.7 Å². The van der Waals surface area contributed by atoms with Gasteiger partial charge in [-0.25, -0.2) is 14.6 Å². The van der Waals surface area contributed by atoms with Gasteiger partial charge in [0.05, 0.1) is 30.0 Å². The second kappa shape index (κ2) is 7.88. The standard InChI is InChI=1S/C21H19N5O4/c1-13(10-27)24-19(28)15-4-7-17-18(8-15)21(30)26(20(17)29)16-5-2-14(3-6-16)9-25-12-22-11-23-25/h2-8,11-13,27H,9-10H2,1H3,(H,24,28)/t13-/m0/s1. The third kappa shape index (κ3) is 3.58. The number of carbonyl (C=O) groups excluding carboxylic acids is 3. The number of nitrogens with zero attached hydrogens (tertiary/aromatic N) is 4. The molecule has 1 aromatic heterocycles. The number of fused-ring (bicyclic) bond motifs is 1. The molecule has 9 heteroatoms. The van der Waals surface area contributed by atoms with Gasteiger partial charge in [-0.05, 0) is 42.8 Å². The number of amides is 3. The van der Waals surface area contributed by atoms with Crippen molar-refractivity contribution in [1.82, 2.24) is 20.1 Å². The number of rotatable bonds is 6. The predicted molar refractivity (Wildman–Crippen MR) is 107 cm³/mol. The minimum Gasteiger partial charge on any atom is -0.394 e. The van der Waals surface area contributed by atoms with Gasteiger partial charge in [-0.15, -0.1) is 0 Å². The van der Waals surface area contributed by atoms with E-state index in [0.29, 0.717) is 12.2 Å². The highest BCUT2D eigenvalue weighted by atomic mass is 16.3. The fourth-order valence-corrected chi connectivity index (χ4v) is 3.22. The van der Waals surface area contributed by atoms with Gasteiger partial charge in [-0.2, -0.15) is 5.10 Å². The van der Waals surface area contributed by atoms with Crippen molar-refractivity contribution in [3.63, 3.8) is 0 Å². The molecule has 1 aliphatic rings. The first kappa shape index (κ1) is 19.5. The van der Waals surface area contributed by atoms with Crippen molar-refractivity contribution in [2.75, 3.05) is 11.5 Å². The molecule has 9 nitrogen and oxygen atoms in total. The molecule has 2 heterocycles. The molecule has 0 radical (unpaired) electrons. The van der Waals surface area contributed by atoms with Crippen LogP contribution in [-0.4, -0.2) is 50.2 Å². The molecule has 0 saturated carbocycles. The zero-order valence-corrected chi connectivity index (χ0v) is 16.1. The maximum absolute atomic E-state index is 12.9. The van der Waals surface area contributed by atoms with Gasteiger partial charge in [0.25, 0.3) is 17.7 Å². The third-order valence-electron chi connectivity index (χ3n) is 4.81. The smallest absolute Gasteiger partial charge is 0.266 e. The number of aliphatic hydroxyl groups excluding tert-OH is 1. The van der Waals surface area contributed by atoms with E-state index in [9.17, 15) is 14.4 Å². The Hall–Kier alpha value is -3.85. The highest BCUT2D eigenvalue weighted by molar-refractivity contribution is 6.34. The molecule has 0 unspecified atom stereocenters. The van der Waals surface area contributed by atoms with E-state index >= 15 is 0 Å². The molecule has 152 valence electrons. The first-order valence-electron chi connectivity index (χ1n) is 9.34. The number of aromatic nitrogens is 3. The zero-order chi connectivity index (χ0) is 21.3. The molecular weight excluding hydrogens is 386 g/mol. The van der Waals surface area contributed by atoms with Gasteiger partial charge >= 0.3 is 0 Å². The van der Waals surface area contributed by atoms with Crippen LogP contribution < -0.4 is 10.2 Å². The average Bonchev–Trinajstić information content (AvgIpc) is 3.35. The van der Waals surface area contributed by atoms with Crippen LogP contribution in [0.5, 0.6) is 0 Å². The topological polar surface area (TPSA) is 117 Å². The SMILES string of the molecule is C[C@@H](CO)NC(=O)c1ccc2c(c1)C(=O)N(c1ccc(Cn3cncn3)cc1)C2=O. The Kier molecular flexibility index (Phi) is 5.11. The molecule has 0 saturated heterocycles. The molecule has 30 heavy (non-hydrogen) atoms. The summed E-state index contributed by atoms with van der Waals surface area (Å²) in [6.07, 6.45) is 3.05. The van der Waals surface area contributed by atoms with Crippen LogP contribution in [0.2, 0.25) is 0 Å². The van der Waals surface area contributed by atoms with Gasteiger partial charge < -0.3 is 10.4 Å². The maximum atomic E-state index is 12.9. The van der Waals surface area contributed by atoms with Crippen molar-refractivity contribution in [3.05, 3.63) is 77.4 Å². The van der Waals surface area contributed by atoms with Crippen LogP contribution in [0.25, 0.3) is 0 Å². The first-order valence-corrected chi connectivity index (χ1v) is 9.34. The van der Waals surface area contributed by atoms with E-state index in [1.807, 2.05) is 12.1 Å². The summed E-state index contributed by atoms with van der Waals surface area (Å²) in [5, 5.41) is 15.8. The summed E-state index contributed by atoms with van der Waals surface area (Å²) < 4.78 is 1.67. The number of anilines is 1. The van der Waals surface area contributed by atoms with Crippen LogP contribution >= 0.6 is 0 Å². The van der Waals surface area contributed by atoms with Gasteiger partial charge in [-0.3, -0.25) is 14.4 Å². The van der Waals surface area contributed by atoms with Crippen molar-refractivity contribution in [2.24, 2.45) is 0 Å². The lowest BCUT2D eigenvalue weighted by atomic mass is 10.1. The Morgan fingerprint density at radius 1 is 1.10 bits per heavy atom. The quantitative estimate of drug-likeness (QED) is 0.596. The van der Waals surface area contributed by atoms with Gasteiger partial charge in [0, 0.05) is 11.6 Å². The Balaban J connectivity index is 1.56. The molecule has 4 rings (SSSR count). The summed E-state index contributed by atoms with van der Waals surface area (Å²) >= 11 is 0. The highest BCUT2D eigenvalue weighted by Gasteiger charge is 2.37. The van der Waals surface area contributed by atoms with Gasteiger partial charge in [0.15, 0.2) is 0 Å². The Morgan fingerprint density at radius 3 is 2.50 bits per heavy atom. The van der Waals surface area contributed by atoms with Crippen LogP contribution in [0.15, 0.2) is 55.1 Å². The fourth-order valence-electron chi connectivity index (χ4n) is 3.22. The van der Waals surface area contributed by atoms with Crippen molar-refractivity contribution in [2.45, 2.75) is 19.5 Å². The molecule has 2 aromatic carbocycles. The Morgan fingerprint density at radius 2 is 1.83 bits per heavy atom. The summed E-state index contributed by atoms with van der Waals surface area (Å²) in [6, 6.07) is 11.0. The van der Waals surface area contributed by atoms with E-state index in [4.69, 9.17) is 5.11 Å². The van der Waals surface area contributed by atoms with Gasteiger partial charge in [-0.1, -0.05) is 12.1 Å². The zero-order valence-electron chi connectivity index (χ0n) is 16.1. The van der Waals surface area contributed by atoms with Crippen molar-refractivity contribution < 1.29 is 19.5 Å². The third-order valence-corrected chi connectivity index (χ3v) is 4.81. The number of nitrogens with one attached hydrogen (secondary N) is 1. The summed E-state index contributed by atoms with van der Waals surface area (Å²) in [4.78, 5) is 43.0. The molecular formula is C21H19N5O4. The average molecular weight is 405 g/mol. The number of hydrogen-bond donors (Lipinski definition) is 2. The van der Waals surface area contributed by atoms with Crippen molar-refractivity contribution in [1.29, 1.82) is 0 Å². The van der Waals surface area contributed by atoms with Crippen LogP contribution in [-0.2, 0) is 6.54 Å². The van der Waals surface area contributed by atoms with Crippen LogP contribution in [0, 0.1) is 0 Å². The van der Waals surface area contributed by atoms with Crippen LogP contribution in [0.1, 0.15) is 43.6 Å². The van der Waals surface area contributed by atoms with E-state index in [0.717, 1.165) is 10.5 Å². The molecule has 0 spiro atoms. The number of aliphatic hydroxyl groups is 1. The van der Waals surface area contributed by atoms with Crippen LogP contribution in [0.4, 0.5) is 5.69 Å². The fraction of sp³-hybridized carbons (Fsp3) is 0.190. The maximum Gasteiger partial charge on any atom is 0.266 e. The van der Waals surface area contributed by atoms with E-state index in [-0.39, 0.29) is 23.3 Å². The van der Waals surface area contributed by atoms with E-state index in [2.05, 4.69) is 15.4 Å². The minimum atomic E-state index is -0.483. The minimum absolute atomic E-state index is 0.177. The van der Waals surface area contributed by atoms with Crippen molar-refractivity contribution in [3.8, 4) is 0 Å². The second-order valence-electron chi connectivity index (χ2n) is 7.02. The molecule has 1 atom stereocenters. The molecule has 3 aromatic rings. The van der Waals surface area contributed by atoms with Crippen LogP contribution in [0.3, 0.4) is 0 Å². The lowest BCUT2D eigenvalue weighted by Crippen LogP contribution is -2.35. The molecule has 3 amide bonds. The number of carbonyl (C=O) groups is 3. The lowest BCUT2D eigenvalue weighted by Gasteiger charge is -2.14. The summed E-state index contributed by atoms with van der Waals surface area (Å²) in [7, 11) is 0. The highest BCUT2D eigenvalue weighted by Crippen LogP contribution is 2.29.